The number of fused-ring (bicyclic) bond motifs is 1. The molecule has 3 aromatic rings. The van der Waals surface area contributed by atoms with Crippen LogP contribution in [0, 0.1) is 0 Å². The number of nitrogen functional groups attached to an aromatic ring is 1. The summed E-state index contributed by atoms with van der Waals surface area (Å²) in [6.45, 7) is 0. The fraction of sp³-hybridized carbons (Fsp3) is 0. The van der Waals surface area contributed by atoms with Crippen molar-refractivity contribution in [3.8, 4) is 0 Å². The van der Waals surface area contributed by atoms with E-state index in [1.165, 1.54) is 0 Å². The Balaban J connectivity index is 1.94. The average molecular weight is 342 g/mol. The third-order valence-electron chi connectivity index (χ3n) is 3.19. The molecule has 2 aromatic carbocycles. The first-order valence-corrected chi connectivity index (χ1v) is 7.13. The number of amides is 1. The SMILES string of the molecule is Nc1cc(C(=O)Nc2cccc3ccncc23)ccc1Br. The molecule has 4 nitrogen and oxygen atoms in total. The molecule has 21 heavy (non-hydrogen) atoms. The fourth-order valence-electron chi connectivity index (χ4n) is 2.10. The molecule has 1 aromatic heterocycles. The number of hydrogen-bond donors (Lipinski definition) is 2. The zero-order chi connectivity index (χ0) is 14.8. The van der Waals surface area contributed by atoms with E-state index in [2.05, 4.69) is 26.2 Å². The number of nitrogens with zero attached hydrogens (tertiary/aromatic N) is 1. The third-order valence-corrected chi connectivity index (χ3v) is 3.91. The summed E-state index contributed by atoms with van der Waals surface area (Å²) in [5.41, 5.74) is 7.57. The molecule has 0 saturated heterocycles. The lowest BCUT2D eigenvalue weighted by molar-refractivity contribution is 0.102. The van der Waals surface area contributed by atoms with Crippen LogP contribution in [0.25, 0.3) is 10.8 Å². The van der Waals surface area contributed by atoms with Crippen molar-refractivity contribution in [3.05, 3.63) is 64.9 Å². The minimum Gasteiger partial charge on any atom is -0.398 e. The smallest absolute Gasteiger partial charge is 0.255 e. The van der Waals surface area contributed by atoms with Crippen molar-refractivity contribution in [3.63, 3.8) is 0 Å². The number of rotatable bonds is 2. The Bertz CT molecular complexity index is 827. The highest BCUT2D eigenvalue weighted by atomic mass is 79.9. The van der Waals surface area contributed by atoms with Gasteiger partial charge in [-0.1, -0.05) is 12.1 Å². The van der Waals surface area contributed by atoms with Gasteiger partial charge >= 0.3 is 0 Å². The van der Waals surface area contributed by atoms with Crippen LogP contribution in [-0.2, 0) is 0 Å². The Kier molecular flexibility index (Phi) is 3.58. The first kappa shape index (κ1) is 13.6. The van der Waals surface area contributed by atoms with Crippen LogP contribution < -0.4 is 11.1 Å². The van der Waals surface area contributed by atoms with Crippen molar-refractivity contribution in [2.45, 2.75) is 0 Å². The first-order valence-electron chi connectivity index (χ1n) is 6.34. The van der Waals surface area contributed by atoms with Crippen molar-refractivity contribution in [1.29, 1.82) is 0 Å². The molecule has 3 N–H and O–H groups in total. The predicted octanol–water partition coefficient (Wildman–Crippen LogP) is 3.83. The van der Waals surface area contributed by atoms with Gasteiger partial charge in [-0.25, -0.2) is 0 Å². The monoisotopic (exact) mass is 341 g/mol. The van der Waals surface area contributed by atoms with Gasteiger partial charge < -0.3 is 11.1 Å². The zero-order valence-corrected chi connectivity index (χ0v) is 12.6. The number of aromatic nitrogens is 1. The molecule has 3 rings (SSSR count). The van der Waals surface area contributed by atoms with Crippen LogP contribution >= 0.6 is 15.9 Å². The van der Waals surface area contributed by atoms with Gasteiger partial charge in [0.1, 0.15) is 0 Å². The minimum absolute atomic E-state index is 0.203. The maximum absolute atomic E-state index is 12.3. The van der Waals surface area contributed by atoms with Crippen LogP contribution in [-0.4, -0.2) is 10.9 Å². The number of carbonyl (C=O) groups excluding carboxylic acids is 1. The molecular weight excluding hydrogens is 330 g/mol. The number of nitrogens with two attached hydrogens (primary N) is 1. The minimum atomic E-state index is -0.203. The zero-order valence-electron chi connectivity index (χ0n) is 11.0. The third kappa shape index (κ3) is 2.73. The Hall–Kier alpha value is -2.40. The number of anilines is 2. The summed E-state index contributed by atoms with van der Waals surface area (Å²) >= 11 is 3.31. The molecule has 104 valence electrons. The quantitative estimate of drug-likeness (QED) is 0.696. The van der Waals surface area contributed by atoms with E-state index >= 15 is 0 Å². The highest BCUT2D eigenvalue weighted by Crippen LogP contribution is 2.24. The lowest BCUT2D eigenvalue weighted by Crippen LogP contribution is -2.12. The molecule has 0 unspecified atom stereocenters. The molecule has 5 heteroatoms. The molecule has 0 spiro atoms. The molecule has 0 aliphatic rings. The van der Waals surface area contributed by atoms with E-state index < -0.39 is 0 Å². The van der Waals surface area contributed by atoms with E-state index in [9.17, 15) is 4.79 Å². The maximum Gasteiger partial charge on any atom is 0.255 e. The van der Waals surface area contributed by atoms with Crippen LogP contribution in [0.15, 0.2) is 59.3 Å². The molecule has 0 radical (unpaired) electrons. The van der Waals surface area contributed by atoms with E-state index in [4.69, 9.17) is 5.73 Å². The van der Waals surface area contributed by atoms with Gasteiger partial charge in [0.2, 0.25) is 0 Å². The second-order valence-corrected chi connectivity index (χ2v) is 5.45. The van der Waals surface area contributed by atoms with Crippen LogP contribution in [0.5, 0.6) is 0 Å². The molecule has 0 aliphatic carbocycles. The van der Waals surface area contributed by atoms with Crippen LogP contribution in [0.1, 0.15) is 10.4 Å². The second kappa shape index (κ2) is 5.54. The molecule has 0 atom stereocenters. The molecule has 1 heterocycles. The molecule has 0 saturated carbocycles. The van der Waals surface area contributed by atoms with Gasteiger partial charge in [0.05, 0.1) is 5.69 Å². The van der Waals surface area contributed by atoms with Crippen molar-refractivity contribution in [2.24, 2.45) is 0 Å². The normalized spacial score (nSPS) is 10.5. The lowest BCUT2D eigenvalue weighted by atomic mass is 10.1. The van der Waals surface area contributed by atoms with Crippen LogP contribution in [0.3, 0.4) is 0 Å². The van der Waals surface area contributed by atoms with Crippen molar-refractivity contribution in [2.75, 3.05) is 11.1 Å². The van der Waals surface area contributed by atoms with Crippen LogP contribution in [0.4, 0.5) is 11.4 Å². The highest BCUT2D eigenvalue weighted by molar-refractivity contribution is 9.10. The van der Waals surface area contributed by atoms with Crippen molar-refractivity contribution in [1.82, 2.24) is 4.98 Å². The summed E-state index contributed by atoms with van der Waals surface area (Å²) in [7, 11) is 0. The molecular formula is C16H12BrN3O. The molecule has 0 fully saturated rings. The second-order valence-electron chi connectivity index (χ2n) is 4.59. The number of halogens is 1. The Morgan fingerprint density at radius 3 is 2.86 bits per heavy atom. The highest BCUT2D eigenvalue weighted by Gasteiger charge is 2.09. The lowest BCUT2D eigenvalue weighted by Gasteiger charge is -2.09. The number of hydrogen-bond acceptors (Lipinski definition) is 3. The van der Waals surface area contributed by atoms with Crippen molar-refractivity contribution < 1.29 is 4.79 Å². The Labute approximate surface area is 130 Å². The summed E-state index contributed by atoms with van der Waals surface area (Å²) in [5.74, 6) is -0.203. The van der Waals surface area contributed by atoms with Gasteiger partial charge in [-0.05, 0) is 51.6 Å². The van der Waals surface area contributed by atoms with Gasteiger partial charge in [0.25, 0.3) is 5.91 Å². The van der Waals surface area contributed by atoms with Crippen LogP contribution in [0.2, 0.25) is 0 Å². The van der Waals surface area contributed by atoms with E-state index in [1.807, 2.05) is 24.3 Å². The van der Waals surface area contributed by atoms with Crippen molar-refractivity contribution >= 4 is 44.0 Å². The maximum atomic E-state index is 12.3. The summed E-state index contributed by atoms with van der Waals surface area (Å²) < 4.78 is 0.772. The van der Waals surface area contributed by atoms with Gasteiger partial charge in [-0.15, -0.1) is 0 Å². The number of pyridine rings is 1. The summed E-state index contributed by atoms with van der Waals surface area (Å²) in [5, 5.41) is 4.83. The summed E-state index contributed by atoms with van der Waals surface area (Å²) in [6.07, 6.45) is 3.46. The van der Waals surface area contributed by atoms with Gasteiger partial charge in [0, 0.05) is 33.5 Å². The first-order chi connectivity index (χ1) is 10.1. The summed E-state index contributed by atoms with van der Waals surface area (Å²) in [6, 6.07) is 12.8. The molecule has 1 amide bonds. The standard InChI is InChI=1S/C16H12BrN3O/c17-13-5-4-11(8-14(13)18)16(21)20-15-3-1-2-10-6-7-19-9-12(10)15/h1-9H,18H2,(H,20,21). The van der Waals surface area contributed by atoms with E-state index in [1.54, 1.807) is 30.6 Å². The van der Waals surface area contributed by atoms with E-state index in [0.717, 1.165) is 20.9 Å². The summed E-state index contributed by atoms with van der Waals surface area (Å²) in [4.78, 5) is 16.4. The van der Waals surface area contributed by atoms with Gasteiger partial charge in [-0.2, -0.15) is 0 Å². The predicted molar refractivity (Wildman–Crippen MR) is 88.3 cm³/mol. The fourth-order valence-corrected chi connectivity index (χ4v) is 2.35. The number of benzene rings is 2. The topological polar surface area (TPSA) is 68.0 Å². The molecule has 0 bridgehead atoms. The van der Waals surface area contributed by atoms with E-state index in [-0.39, 0.29) is 5.91 Å². The Morgan fingerprint density at radius 2 is 2.05 bits per heavy atom. The molecule has 0 aliphatic heterocycles. The average Bonchev–Trinajstić information content (AvgIpc) is 2.50. The van der Waals surface area contributed by atoms with Gasteiger partial charge in [-0.3, -0.25) is 9.78 Å². The van der Waals surface area contributed by atoms with E-state index in [0.29, 0.717) is 11.3 Å². The number of carbonyl (C=O) groups is 1. The largest absolute Gasteiger partial charge is 0.398 e. The Morgan fingerprint density at radius 1 is 1.19 bits per heavy atom. The number of nitrogens with one attached hydrogen (secondary N) is 1. The van der Waals surface area contributed by atoms with Gasteiger partial charge in [0.15, 0.2) is 0 Å².